The van der Waals surface area contributed by atoms with Crippen molar-refractivity contribution in [3.8, 4) is 0 Å². The Bertz CT molecular complexity index is 890. The van der Waals surface area contributed by atoms with E-state index in [1.54, 1.807) is 13.1 Å². The van der Waals surface area contributed by atoms with E-state index >= 15 is 0 Å². The summed E-state index contributed by atoms with van der Waals surface area (Å²) in [6.07, 6.45) is 2.42. The van der Waals surface area contributed by atoms with Gasteiger partial charge in [0.25, 0.3) is 0 Å². The van der Waals surface area contributed by atoms with Crippen molar-refractivity contribution in [1.29, 1.82) is 0 Å². The van der Waals surface area contributed by atoms with Crippen molar-refractivity contribution in [3.05, 3.63) is 18.1 Å². The van der Waals surface area contributed by atoms with Crippen molar-refractivity contribution in [2.45, 2.75) is 13.3 Å². The Morgan fingerprint density at radius 3 is 3.05 bits per heavy atom. The molecule has 8 nitrogen and oxygen atoms in total. The van der Waals surface area contributed by atoms with Crippen LogP contribution in [0.3, 0.4) is 0 Å². The van der Waals surface area contributed by atoms with Crippen molar-refractivity contribution in [2.24, 2.45) is 5.92 Å². The molecule has 2 N–H and O–H groups in total. The smallest absolute Gasteiger partial charge is 0.308 e. The lowest BCUT2D eigenvalue weighted by Gasteiger charge is -2.19. The van der Waals surface area contributed by atoms with Gasteiger partial charge in [0, 0.05) is 24.7 Å². The fraction of sp³-hybridized carbons (Fsp3) is 0.357. The summed E-state index contributed by atoms with van der Waals surface area (Å²) in [6, 6.07) is 1.92. The molecule has 1 atom stereocenters. The van der Waals surface area contributed by atoms with Crippen LogP contribution >= 0.6 is 0 Å². The molecule has 22 heavy (non-hydrogen) atoms. The molecule has 1 aliphatic rings. The number of fused-ring (bicyclic) bond motifs is 3. The molecule has 8 heteroatoms. The van der Waals surface area contributed by atoms with Gasteiger partial charge in [0.2, 0.25) is 0 Å². The minimum absolute atomic E-state index is 0.359. The summed E-state index contributed by atoms with van der Waals surface area (Å²) in [4.78, 5) is 25.1. The van der Waals surface area contributed by atoms with Crippen molar-refractivity contribution < 1.29 is 9.90 Å². The minimum Gasteiger partial charge on any atom is -0.481 e. The topological polar surface area (TPSA) is 108 Å². The first-order chi connectivity index (χ1) is 10.6. The highest BCUT2D eigenvalue weighted by molar-refractivity contribution is 6.07. The average molecular weight is 298 g/mol. The Kier molecular flexibility index (Phi) is 2.72. The highest BCUT2D eigenvalue weighted by Gasteiger charge is 2.30. The quantitative estimate of drug-likeness (QED) is 0.729. The maximum atomic E-state index is 11.2. The number of H-pyrrole nitrogens is 1. The van der Waals surface area contributed by atoms with E-state index < -0.39 is 5.97 Å². The number of carbonyl (C=O) groups is 1. The van der Waals surface area contributed by atoms with E-state index in [4.69, 9.17) is 0 Å². The maximum Gasteiger partial charge on any atom is 0.308 e. The standard InChI is InChI=1S/C14H14N6O2/c1-7-16-12-10(9-2-4-15-11(9)18-19-12)13(17-7)20-5-3-8(6-20)14(21)22/h2,4,8H,3,5-6H2,1H3,(H,15,18)(H,21,22). The molecule has 1 aliphatic heterocycles. The molecule has 3 aromatic rings. The second-order valence-corrected chi connectivity index (χ2v) is 5.50. The van der Waals surface area contributed by atoms with Crippen LogP contribution in [0.1, 0.15) is 12.2 Å². The molecule has 4 heterocycles. The largest absolute Gasteiger partial charge is 0.481 e. The van der Waals surface area contributed by atoms with E-state index in [2.05, 4.69) is 25.1 Å². The monoisotopic (exact) mass is 298 g/mol. The van der Waals surface area contributed by atoms with Gasteiger partial charge in [-0.3, -0.25) is 4.79 Å². The van der Waals surface area contributed by atoms with Crippen molar-refractivity contribution in [2.75, 3.05) is 18.0 Å². The number of aromatic amines is 1. The predicted octanol–water partition coefficient (Wildman–Crippen LogP) is 1.12. The highest BCUT2D eigenvalue weighted by atomic mass is 16.4. The zero-order valence-electron chi connectivity index (χ0n) is 11.9. The number of hydrogen-bond acceptors (Lipinski definition) is 6. The van der Waals surface area contributed by atoms with Gasteiger partial charge in [-0.25, -0.2) is 9.97 Å². The molecule has 112 valence electrons. The zero-order chi connectivity index (χ0) is 15.3. The second kappa shape index (κ2) is 4.62. The van der Waals surface area contributed by atoms with Gasteiger partial charge in [-0.15, -0.1) is 10.2 Å². The van der Waals surface area contributed by atoms with E-state index in [1.165, 1.54) is 0 Å². The van der Waals surface area contributed by atoms with Crippen molar-refractivity contribution >= 4 is 33.9 Å². The Morgan fingerprint density at radius 2 is 2.27 bits per heavy atom. The summed E-state index contributed by atoms with van der Waals surface area (Å²) in [5.41, 5.74) is 1.21. The molecule has 0 saturated carbocycles. The van der Waals surface area contributed by atoms with Crippen LogP contribution in [0.4, 0.5) is 5.82 Å². The first kappa shape index (κ1) is 12.9. The van der Waals surface area contributed by atoms with Crippen LogP contribution in [0, 0.1) is 12.8 Å². The number of carboxylic acids is 1. The lowest BCUT2D eigenvalue weighted by molar-refractivity contribution is -0.140. The van der Waals surface area contributed by atoms with Gasteiger partial charge >= 0.3 is 5.97 Å². The van der Waals surface area contributed by atoms with Crippen molar-refractivity contribution in [1.82, 2.24) is 25.1 Å². The van der Waals surface area contributed by atoms with E-state index in [1.807, 2.05) is 11.0 Å². The summed E-state index contributed by atoms with van der Waals surface area (Å²) in [5.74, 6) is 0.224. The molecule has 1 fully saturated rings. The van der Waals surface area contributed by atoms with Crippen LogP contribution in [0.2, 0.25) is 0 Å². The van der Waals surface area contributed by atoms with Crippen LogP contribution in [0.25, 0.3) is 22.1 Å². The number of nitrogens with one attached hydrogen (secondary N) is 1. The summed E-state index contributed by atoms with van der Waals surface area (Å²) in [7, 11) is 0. The van der Waals surface area contributed by atoms with Crippen molar-refractivity contribution in [3.63, 3.8) is 0 Å². The molecule has 0 bridgehead atoms. The Labute approximate surface area is 125 Å². The maximum absolute atomic E-state index is 11.2. The average Bonchev–Trinajstić information content (AvgIpc) is 3.15. The Balaban J connectivity index is 1.92. The number of hydrogen-bond donors (Lipinski definition) is 2. The molecule has 1 saturated heterocycles. The lowest BCUT2D eigenvalue weighted by Crippen LogP contribution is -2.24. The molecule has 0 aliphatic carbocycles. The van der Waals surface area contributed by atoms with E-state index in [-0.39, 0.29) is 5.92 Å². The Hall–Kier alpha value is -2.77. The number of aryl methyl sites for hydroxylation is 1. The summed E-state index contributed by atoms with van der Waals surface area (Å²) in [6.45, 7) is 2.92. The second-order valence-electron chi connectivity index (χ2n) is 5.50. The third kappa shape index (κ3) is 1.87. The van der Waals surface area contributed by atoms with Gasteiger partial charge in [0.1, 0.15) is 11.6 Å². The number of carboxylic acid groups (broad SMARTS) is 1. The number of aromatic nitrogens is 5. The Morgan fingerprint density at radius 1 is 1.41 bits per heavy atom. The van der Waals surface area contributed by atoms with Gasteiger partial charge in [-0.05, 0) is 19.4 Å². The number of aliphatic carboxylic acids is 1. The molecular formula is C14H14N6O2. The molecule has 0 aromatic carbocycles. The normalized spacial score (nSPS) is 18.4. The molecule has 3 aromatic heterocycles. The van der Waals surface area contributed by atoms with Crippen LogP contribution < -0.4 is 4.90 Å². The number of nitrogens with zero attached hydrogens (tertiary/aromatic N) is 5. The number of rotatable bonds is 2. The summed E-state index contributed by atoms with van der Waals surface area (Å²) < 4.78 is 0. The van der Waals surface area contributed by atoms with Gasteiger partial charge in [0.05, 0.1) is 11.3 Å². The summed E-state index contributed by atoms with van der Waals surface area (Å²) >= 11 is 0. The molecule has 1 unspecified atom stereocenters. The van der Waals surface area contributed by atoms with Crippen LogP contribution in [0.5, 0.6) is 0 Å². The zero-order valence-corrected chi connectivity index (χ0v) is 11.9. The number of anilines is 1. The highest BCUT2D eigenvalue weighted by Crippen LogP contribution is 2.32. The molecule has 0 radical (unpaired) electrons. The van der Waals surface area contributed by atoms with E-state index in [0.29, 0.717) is 36.6 Å². The van der Waals surface area contributed by atoms with Crippen LogP contribution in [0.15, 0.2) is 12.3 Å². The van der Waals surface area contributed by atoms with Gasteiger partial charge < -0.3 is 15.0 Å². The first-order valence-corrected chi connectivity index (χ1v) is 7.09. The molecular weight excluding hydrogens is 284 g/mol. The van der Waals surface area contributed by atoms with Gasteiger partial charge in [-0.2, -0.15) is 0 Å². The first-order valence-electron chi connectivity index (χ1n) is 7.09. The third-order valence-electron chi connectivity index (χ3n) is 4.06. The van der Waals surface area contributed by atoms with Crippen LogP contribution in [-0.4, -0.2) is 49.3 Å². The lowest BCUT2D eigenvalue weighted by atomic mass is 10.1. The van der Waals surface area contributed by atoms with Gasteiger partial charge in [0.15, 0.2) is 11.3 Å². The fourth-order valence-corrected chi connectivity index (χ4v) is 2.98. The molecule has 4 rings (SSSR count). The van der Waals surface area contributed by atoms with Gasteiger partial charge in [-0.1, -0.05) is 0 Å². The molecule has 0 spiro atoms. The molecule has 0 amide bonds. The van der Waals surface area contributed by atoms with E-state index in [0.717, 1.165) is 16.6 Å². The predicted molar refractivity (Wildman–Crippen MR) is 79.7 cm³/mol. The fourth-order valence-electron chi connectivity index (χ4n) is 2.98. The third-order valence-corrected chi connectivity index (χ3v) is 4.06. The summed E-state index contributed by atoms with van der Waals surface area (Å²) in [5, 5.41) is 19.2. The SMILES string of the molecule is Cc1nc(N2CCC(C(=O)O)C2)c2c(nnc3[nH]ccc32)n1. The minimum atomic E-state index is -0.760. The van der Waals surface area contributed by atoms with Crippen LogP contribution in [-0.2, 0) is 4.79 Å². The van der Waals surface area contributed by atoms with E-state index in [9.17, 15) is 9.90 Å².